The Morgan fingerprint density at radius 3 is 1.34 bits per heavy atom. The molecule has 11 rings (SSSR count). The van der Waals surface area contributed by atoms with E-state index in [4.69, 9.17) is 4.74 Å². The number of carbonyl (C=O) groups is 1. The third kappa shape index (κ3) is 15.1. The third-order valence-corrected chi connectivity index (χ3v) is 23.1. The number of hydrogen-bond acceptors (Lipinski definition) is 15. The number of aliphatic hydroxyl groups is 3. The number of anilines is 2. The Balaban J connectivity index is 0.000000223. The Morgan fingerprint density at radius 2 is 0.987 bits per heavy atom. The first-order valence-electron chi connectivity index (χ1n) is 27.3. The molecule has 21 heteroatoms. The summed E-state index contributed by atoms with van der Waals surface area (Å²) in [7, 11) is -7.05. The molecule has 15 nitrogen and oxygen atoms in total. The summed E-state index contributed by atoms with van der Waals surface area (Å²) in [5.41, 5.74) is 1.98. The van der Waals surface area contributed by atoms with Gasteiger partial charge in [0.1, 0.15) is 14.2 Å². The number of Topliss-reactive ketones (excluding diaryl/α,β-unsaturated/α-hetero) is 1. The molecule has 7 saturated heterocycles. The number of rotatable bonds is 12. The van der Waals surface area contributed by atoms with Gasteiger partial charge in [-0.2, -0.15) is 8.61 Å². The number of piperazine rings is 2. The van der Waals surface area contributed by atoms with Gasteiger partial charge in [0, 0.05) is 122 Å². The van der Waals surface area contributed by atoms with E-state index in [0.717, 1.165) is 93.8 Å². The molecule has 77 heavy (non-hydrogen) atoms. The van der Waals surface area contributed by atoms with E-state index in [0.29, 0.717) is 78.4 Å². The third-order valence-electron chi connectivity index (χ3n) is 16.6. The zero-order chi connectivity index (χ0) is 53.1. The summed E-state index contributed by atoms with van der Waals surface area (Å²) in [4.78, 5) is 22.0. The molecule has 3 N–H and O–H groups in total. The minimum atomic E-state index is -3.53. The number of thiophene rings is 2. The molecule has 0 amide bonds. The van der Waals surface area contributed by atoms with Gasteiger partial charge in [0.2, 0.25) is 0 Å². The molecule has 0 saturated carbocycles. The van der Waals surface area contributed by atoms with Gasteiger partial charge in [0.15, 0.2) is 0 Å². The molecular weight excluding hydrogens is 1060 g/mol. The minimum absolute atomic E-state index is 0. The topological polar surface area (TPSA) is 175 Å². The van der Waals surface area contributed by atoms with Crippen molar-refractivity contribution in [3.8, 4) is 0 Å². The molecule has 6 atom stereocenters. The fourth-order valence-corrected chi connectivity index (χ4v) is 17.8. The van der Waals surface area contributed by atoms with Crippen molar-refractivity contribution in [2.75, 3.05) is 75.4 Å². The van der Waals surface area contributed by atoms with Crippen LogP contribution in [-0.2, 0) is 40.8 Å². The number of sulfonamides is 2. The van der Waals surface area contributed by atoms with E-state index >= 15 is 0 Å². The number of nitrogens with zero attached hydrogens (tertiary/aromatic N) is 6. The molecule has 7 aliphatic rings. The zero-order valence-corrected chi connectivity index (χ0v) is 51.1. The first-order valence-corrected chi connectivity index (χ1v) is 31.9. The standard InChI is InChI=1S/C26H37N3O4S2.C26H35N3O4S2.C4H8O.B.Na.H/c2*1-26(2,31)19-8-10-20(11-9-19)28-13-12-27(35(32,33)25-7-4-14-34-25)17-23(28)18-29-21-5-3-6-22(29)16-24(30)15-21;1-2-4-5-3-1;;;/h4,7-11,14,21-24,30-31H,3,5-6,12-13,15-18H2,1-2H3;4,7-11,14,21-23,31H,3,5-6,12-13,15-18H2,1-2H3;1-4H2;;;/q;;;;+1;-1/t21?,22?,23-,24?;21?,22?,23-;;;;/m11..../s1. The maximum atomic E-state index is 13.4. The van der Waals surface area contributed by atoms with Crippen LogP contribution in [0.2, 0.25) is 0 Å². The normalized spacial score (nSPS) is 26.8. The number of benzene rings is 2. The van der Waals surface area contributed by atoms with E-state index in [1.807, 2.05) is 53.9 Å². The Kier molecular flexibility index (Phi) is 21.7. The zero-order valence-electron chi connectivity index (χ0n) is 46.9. The molecule has 417 valence electrons. The van der Waals surface area contributed by atoms with Crippen LogP contribution in [0.4, 0.5) is 11.4 Å². The van der Waals surface area contributed by atoms with Gasteiger partial charge in [0.25, 0.3) is 20.0 Å². The number of aliphatic hydroxyl groups excluding tert-OH is 1. The van der Waals surface area contributed by atoms with Crippen molar-refractivity contribution in [1.29, 1.82) is 0 Å². The van der Waals surface area contributed by atoms with Gasteiger partial charge in [-0.25, -0.2) is 16.8 Å². The van der Waals surface area contributed by atoms with Crippen molar-refractivity contribution in [3.05, 3.63) is 94.7 Å². The number of hydrogen-bond donors (Lipinski definition) is 3. The van der Waals surface area contributed by atoms with Crippen molar-refractivity contribution in [2.45, 2.75) is 167 Å². The predicted octanol–water partition coefficient (Wildman–Crippen LogP) is 4.21. The summed E-state index contributed by atoms with van der Waals surface area (Å²) in [6.07, 6.45) is 11.8. The molecule has 2 aromatic carbocycles. The van der Waals surface area contributed by atoms with Gasteiger partial charge in [0.05, 0.1) is 29.4 Å². The first-order chi connectivity index (χ1) is 35.8. The maximum Gasteiger partial charge on any atom is 1.00 e. The summed E-state index contributed by atoms with van der Waals surface area (Å²) >= 11 is 2.53. The van der Waals surface area contributed by atoms with Crippen LogP contribution in [0, 0.1) is 0 Å². The SMILES string of the molecule is C1CCOC1.CC(C)(O)c1ccc(N2CCN(S(=O)(=O)c3cccs3)C[C@@H]2CN2C3CCCC2CC(=O)C3)cc1.CC(C)(O)c1ccc(N2CCN(S(=O)(=O)c3cccs3)C[C@@H]2CN2C3CCCC2CC(O)C3)cc1.[B].[H-].[Na+]. The second-order valence-corrected chi connectivity index (χ2v) is 29.0. The summed E-state index contributed by atoms with van der Waals surface area (Å²) in [5.74, 6) is 0.362. The number of ketones is 1. The first kappa shape index (κ1) is 62.4. The molecule has 0 aliphatic carbocycles. The quantitative estimate of drug-likeness (QED) is 0.173. The van der Waals surface area contributed by atoms with Crippen LogP contribution in [0.25, 0.3) is 0 Å². The monoisotopic (exact) mass is 1140 g/mol. The van der Waals surface area contributed by atoms with Crippen LogP contribution in [0.15, 0.2) is 92.0 Å². The summed E-state index contributed by atoms with van der Waals surface area (Å²) in [6, 6.07) is 24.2. The molecule has 9 heterocycles. The van der Waals surface area contributed by atoms with Crippen LogP contribution in [-0.4, -0.2) is 173 Å². The van der Waals surface area contributed by atoms with Crippen molar-refractivity contribution in [2.24, 2.45) is 0 Å². The summed E-state index contributed by atoms with van der Waals surface area (Å²) in [6.45, 7) is 13.6. The summed E-state index contributed by atoms with van der Waals surface area (Å²) < 4.78 is 62.5. The average molecular weight is 1140 g/mol. The molecule has 4 bridgehead atoms. The maximum absolute atomic E-state index is 13.4. The molecule has 3 radical (unpaired) electrons. The molecule has 2 aromatic heterocycles. The van der Waals surface area contributed by atoms with Crippen molar-refractivity contribution >= 4 is 68.3 Å². The van der Waals surface area contributed by atoms with Crippen LogP contribution >= 0.6 is 22.7 Å². The van der Waals surface area contributed by atoms with Gasteiger partial charge in [-0.05, 0) is 137 Å². The number of ether oxygens (including phenoxy) is 1. The Morgan fingerprint density at radius 1 is 0.597 bits per heavy atom. The minimum Gasteiger partial charge on any atom is -1.00 e. The second-order valence-electron chi connectivity index (χ2n) is 22.8. The van der Waals surface area contributed by atoms with Gasteiger partial charge in [-0.1, -0.05) is 49.2 Å². The molecule has 4 unspecified atom stereocenters. The Hall–Kier alpha value is -2.25. The fraction of sp³-hybridized carbons (Fsp3) is 0.625. The number of piperidine rings is 4. The van der Waals surface area contributed by atoms with Gasteiger partial charge < -0.3 is 31.3 Å². The average Bonchev–Trinajstić information content (AvgIpc) is 4.23. The Labute approximate surface area is 492 Å². The van der Waals surface area contributed by atoms with Gasteiger partial charge in [-0.15, -0.1) is 22.7 Å². The molecular formula is C56H81BN6NaO9S4. The smallest absolute Gasteiger partial charge is 1.00 e. The number of fused-ring (bicyclic) bond motifs is 4. The van der Waals surface area contributed by atoms with Crippen molar-refractivity contribution in [3.63, 3.8) is 0 Å². The van der Waals surface area contributed by atoms with E-state index in [1.54, 1.807) is 66.0 Å². The number of carbonyl (C=O) groups excluding carboxylic acids is 1. The van der Waals surface area contributed by atoms with E-state index < -0.39 is 31.2 Å². The van der Waals surface area contributed by atoms with Gasteiger partial charge in [-0.3, -0.25) is 14.6 Å². The van der Waals surface area contributed by atoms with E-state index in [-0.39, 0.29) is 69.7 Å². The van der Waals surface area contributed by atoms with Gasteiger partial charge >= 0.3 is 29.6 Å². The molecule has 4 aromatic rings. The fourth-order valence-electron chi connectivity index (χ4n) is 12.6. The van der Waals surface area contributed by atoms with E-state index in [9.17, 15) is 36.9 Å². The molecule has 7 aliphatic heterocycles. The van der Waals surface area contributed by atoms with Crippen molar-refractivity contribution in [1.82, 2.24) is 18.4 Å². The van der Waals surface area contributed by atoms with Crippen LogP contribution in [0.3, 0.4) is 0 Å². The van der Waals surface area contributed by atoms with E-state index in [2.05, 4.69) is 19.6 Å². The molecule has 7 fully saturated rings. The largest absolute Gasteiger partial charge is 1.00 e. The molecule has 0 spiro atoms. The van der Waals surface area contributed by atoms with E-state index in [1.165, 1.54) is 41.9 Å². The summed E-state index contributed by atoms with van der Waals surface area (Å²) in [5, 5.41) is 34.7. The van der Waals surface area contributed by atoms with Crippen molar-refractivity contribution < 1.29 is 72.7 Å². The second kappa shape index (κ2) is 26.8. The predicted molar refractivity (Wildman–Crippen MR) is 304 cm³/mol. The van der Waals surface area contributed by atoms with Crippen LogP contribution < -0.4 is 39.4 Å². The van der Waals surface area contributed by atoms with Crippen LogP contribution in [0.1, 0.15) is 117 Å². The van der Waals surface area contributed by atoms with Crippen LogP contribution in [0.5, 0.6) is 0 Å². The Bertz CT molecular complexity index is 2680.